The van der Waals surface area contributed by atoms with Crippen LogP contribution in [0.25, 0.3) is 0 Å². The first-order chi connectivity index (χ1) is 14.5. The molecule has 0 saturated heterocycles. The van der Waals surface area contributed by atoms with Crippen molar-refractivity contribution in [3.63, 3.8) is 0 Å². The van der Waals surface area contributed by atoms with Gasteiger partial charge in [0.05, 0.1) is 12.7 Å². The highest BCUT2D eigenvalue weighted by atomic mass is 32.2. The maximum absolute atomic E-state index is 14.2. The molecule has 0 unspecified atom stereocenters. The van der Waals surface area contributed by atoms with E-state index in [1.54, 1.807) is 16.9 Å². The number of carbonyl (C=O) groups excluding carboxylic acids is 1. The van der Waals surface area contributed by atoms with Crippen LogP contribution in [-0.2, 0) is 10.2 Å². The van der Waals surface area contributed by atoms with Crippen LogP contribution in [0.4, 0.5) is 8.78 Å². The smallest absolute Gasteiger partial charge is 0.303 e. The van der Waals surface area contributed by atoms with Gasteiger partial charge in [0.25, 0.3) is 5.91 Å². The van der Waals surface area contributed by atoms with Crippen molar-refractivity contribution in [2.24, 2.45) is 0 Å². The molecular weight excluding hydrogens is 432 g/mol. The third-order valence-electron chi connectivity index (χ3n) is 3.74. The Morgan fingerprint density at radius 3 is 2.16 bits per heavy atom. The predicted molar refractivity (Wildman–Crippen MR) is 114 cm³/mol. The molecule has 0 bridgehead atoms. The number of hydrogen-bond donors (Lipinski definition) is 2. The molecule has 2 rings (SSSR count). The number of halogens is 2. The zero-order chi connectivity index (χ0) is 23.6. The third-order valence-corrected chi connectivity index (χ3v) is 5.14. The minimum absolute atomic E-state index is 0.190. The van der Waals surface area contributed by atoms with Gasteiger partial charge in [0, 0.05) is 26.2 Å². The van der Waals surface area contributed by atoms with E-state index < -0.39 is 39.1 Å². The molecular formula is C20H27F2N3O5S. The lowest BCUT2D eigenvalue weighted by molar-refractivity contribution is 0.0975. The maximum atomic E-state index is 14.2. The van der Waals surface area contributed by atoms with E-state index in [2.05, 4.69) is 19.2 Å². The lowest BCUT2D eigenvalue weighted by atomic mass is 10.2. The van der Waals surface area contributed by atoms with Gasteiger partial charge in [-0.15, -0.1) is 0 Å². The predicted octanol–water partition coefficient (Wildman–Crippen LogP) is 2.92. The van der Waals surface area contributed by atoms with Crippen LogP contribution in [0.2, 0.25) is 0 Å². The Hall–Kier alpha value is -2.76. The van der Waals surface area contributed by atoms with Crippen molar-refractivity contribution in [1.82, 2.24) is 14.3 Å². The summed E-state index contributed by atoms with van der Waals surface area (Å²) < 4.78 is 64.2. The van der Waals surface area contributed by atoms with Crippen molar-refractivity contribution >= 4 is 16.1 Å². The largest absolute Gasteiger partial charge is 0.497 e. The third kappa shape index (κ3) is 8.12. The molecule has 0 aliphatic carbocycles. The van der Waals surface area contributed by atoms with Gasteiger partial charge in [-0.25, -0.2) is 13.5 Å². The highest BCUT2D eigenvalue weighted by Crippen LogP contribution is 2.29. The summed E-state index contributed by atoms with van der Waals surface area (Å²) in [6, 6.07) is 7.42. The van der Waals surface area contributed by atoms with Crippen LogP contribution in [0.1, 0.15) is 24.2 Å². The zero-order valence-corrected chi connectivity index (χ0v) is 18.8. The second-order valence-corrected chi connectivity index (χ2v) is 8.10. The van der Waals surface area contributed by atoms with Crippen molar-refractivity contribution in [2.45, 2.75) is 13.8 Å². The Kier molecular flexibility index (Phi) is 10.3. The number of methoxy groups -OCH3 is 1. The molecule has 8 nitrogen and oxygen atoms in total. The van der Waals surface area contributed by atoms with E-state index in [4.69, 9.17) is 9.47 Å². The first-order valence-electron chi connectivity index (χ1n) is 9.31. The summed E-state index contributed by atoms with van der Waals surface area (Å²) in [5.41, 5.74) is -0.772. The van der Waals surface area contributed by atoms with Crippen molar-refractivity contribution in [3.8, 4) is 17.2 Å². The average molecular weight is 460 g/mol. The van der Waals surface area contributed by atoms with Gasteiger partial charge in [0.1, 0.15) is 17.3 Å². The Morgan fingerprint density at radius 1 is 1.03 bits per heavy atom. The van der Waals surface area contributed by atoms with Crippen molar-refractivity contribution in [1.29, 1.82) is 0 Å². The number of ether oxygens (including phenoxy) is 2. The average Bonchev–Trinajstić information content (AvgIpc) is 2.71. The van der Waals surface area contributed by atoms with Crippen molar-refractivity contribution in [2.75, 3.05) is 34.3 Å². The van der Waals surface area contributed by atoms with Crippen LogP contribution in [-0.4, -0.2) is 52.9 Å². The van der Waals surface area contributed by atoms with E-state index in [-0.39, 0.29) is 5.75 Å². The molecule has 31 heavy (non-hydrogen) atoms. The fourth-order valence-electron chi connectivity index (χ4n) is 2.09. The molecule has 11 heteroatoms. The van der Waals surface area contributed by atoms with Gasteiger partial charge < -0.3 is 14.8 Å². The fraction of sp³-hybridized carbons (Fsp3) is 0.350. The van der Waals surface area contributed by atoms with E-state index in [0.717, 1.165) is 17.4 Å². The molecule has 0 atom stereocenters. The number of carbonyl (C=O) groups is 1. The minimum Gasteiger partial charge on any atom is -0.497 e. The van der Waals surface area contributed by atoms with Crippen LogP contribution in [0.15, 0.2) is 36.4 Å². The molecule has 0 spiro atoms. The second kappa shape index (κ2) is 12.2. The molecule has 1 amide bonds. The van der Waals surface area contributed by atoms with Gasteiger partial charge in [-0.3, -0.25) is 4.79 Å². The normalized spacial score (nSPS) is 10.8. The van der Waals surface area contributed by atoms with E-state index in [1.165, 1.54) is 33.3 Å². The molecule has 0 aliphatic rings. The van der Waals surface area contributed by atoms with Gasteiger partial charge in [-0.2, -0.15) is 12.7 Å². The van der Waals surface area contributed by atoms with Gasteiger partial charge >= 0.3 is 10.2 Å². The highest BCUT2D eigenvalue weighted by Gasteiger charge is 2.23. The Bertz CT molecular complexity index is 983. The standard InChI is InChI=1S/C16H16F2N2O5S.C4H11N/c1-20(2)26(22,23)19-16(21)12-8-14(18)15(9-13(12)17)25-11-6-4-5-10(7-11)24-3;1-3-5-4-2/h4-9H,1-3H3,(H,19,21);5H,3-4H2,1-2H3. The Morgan fingerprint density at radius 2 is 1.65 bits per heavy atom. The molecule has 2 aromatic carbocycles. The SMILES string of the molecule is CCNCC.COc1cccc(Oc2cc(F)c(C(=O)NS(=O)(=O)N(C)C)cc2F)c1. The fourth-order valence-corrected chi connectivity index (χ4v) is 2.61. The maximum Gasteiger partial charge on any atom is 0.303 e. The zero-order valence-electron chi connectivity index (χ0n) is 18.0. The molecule has 0 saturated carbocycles. The Balaban J connectivity index is 0.000000861. The topological polar surface area (TPSA) is 97.0 Å². The highest BCUT2D eigenvalue weighted by molar-refractivity contribution is 7.87. The molecule has 172 valence electrons. The number of rotatable bonds is 8. The first-order valence-corrected chi connectivity index (χ1v) is 10.8. The van der Waals surface area contributed by atoms with Crippen LogP contribution in [0, 0.1) is 11.6 Å². The van der Waals surface area contributed by atoms with Crippen LogP contribution in [0.5, 0.6) is 17.2 Å². The molecule has 0 fully saturated rings. The van der Waals surface area contributed by atoms with Gasteiger partial charge in [0.2, 0.25) is 0 Å². The number of benzene rings is 2. The number of nitrogens with one attached hydrogen (secondary N) is 2. The summed E-state index contributed by atoms with van der Waals surface area (Å²) in [4.78, 5) is 11.9. The monoisotopic (exact) mass is 459 g/mol. The first kappa shape index (κ1) is 26.3. The second-order valence-electron chi connectivity index (χ2n) is 6.22. The van der Waals surface area contributed by atoms with E-state index >= 15 is 0 Å². The van der Waals surface area contributed by atoms with E-state index in [9.17, 15) is 22.0 Å². The van der Waals surface area contributed by atoms with E-state index in [0.29, 0.717) is 17.9 Å². The van der Waals surface area contributed by atoms with Crippen LogP contribution < -0.4 is 19.5 Å². The van der Waals surface area contributed by atoms with Gasteiger partial charge in [0.15, 0.2) is 11.6 Å². The number of amides is 1. The quantitative estimate of drug-likeness (QED) is 0.630. The summed E-state index contributed by atoms with van der Waals surface area (Å²) in [6.07, 6.45) is 0. The molecule has 0 aromatic heterocycles. The molecule has 2 N–H and O–H groups in total. The summed E-state index contributed by atoms with van der Waals surface area (Å²) in [6.45, 7) is 6.39. The van der Waals surface area contributed by atoms with Crippen molar-refractivity contribution in [3.05, 3.63) is 53.6 Å². The minimum atomic E-state index is -4.14. The van der Waals surface area contributed by atoms with Crippen LogP contribution in [0.3, 0.4) is 0 Å². The van der Waals surface area contributed by atoms with Gasteiger partial charge in [-0.1, -0.05) is 19.9 Å². The lowest BCUT2D eigenvalue weighted by Crippen LogP contribution is -2.39. The molecule has 0 radical (unpaired) electrons. The molecule has 0 heterocycles. The number of hydrogen-bond acceptors (Lipinski definition) is 6. The lowest BCUT2D eigenvalue weighted by Gasteiger charge is -2.13. The summed E-state index contributed by atoms with van der Waals surface area (Å²) in [5.74, 6) is -3.31. The summed E-state index contributed by atoms with van der Waals surface area (Å²) >= 11 is 0. The molecule has 0 aliphatic heterocycles. The van der Waals surface area contributed by atoms with Gasteiger partial charge in [-0.05, 0) is 31.3 Å². The Labute approximate surface area is 181 Å². The van der Waals surface area contributed by atoms with Crippen molar-refractivity contribution < 1.29 is 31.5 Å². The van der Waals surface area contributed by atoms with Crippen LogP contribution >= 0.6 is 0 Å². The summed E-state index contributed by atoms with van der Waals surface area (Å²) in [7, 11) is -0.347. The van der Waals surface area contributed by atoms with E-state index in [1.807, 2.05) is 0 Å². The summed E-state index contributed by atoms with van der Waals surface area (Å²) in [5, 5.41) is 3.11. The number of nitrogens with zero attached hydrogens (tertiary/aromatic N) is 1. The molecule has 2 aromatic rings.